The molecule has 2 N–H and O–H groups in total. The predicted octanol–water partition coefficient (Wildman–Crippen LogP) is 4.56. The minimum Gasteiger partial charge on any atom is -0.350 e. The molecule has 1 aliphatic rings. The van der Waals surface area contributed by atoms with E-state index in [-0.39, 0.29) is 18.0 Å². The molecule has 1 aromatic carbocycles. The number of hydrogen-bond donors (Lipinski definition) is 1. The molecule has 0 bridgehead atoms. The number of rotatable bonds is 2. The maximum atomic E-state index is 12.5. The molecule has 3 heterocycles. The molecule has 0 saturated heterocycles. The van der Waals surface area contributed by atoms with E-state index in [4.69, 9.17) is 5.73 Å². The number of anilines is 1. The van der Waals surface area contributed by atoms with E-state index >= 15 is 0 Å². The summed E-state index contributed by atoms with van der Waals surface area (Å²) in [5.41, 5.74) is 7.14. The Morgan fingerprint density at radius 1 is 1.21 bits per heavy atom. The lowest BCUT2D eigenvalue weighted by molar-refractivity contribution is -0.141. The number of alkyl halides is 3. The highest BCUT2D eigenvalue weighted by atomic mass is 79.9. The molecule has 0 unspecified atom stereocenters. The second-order valence-corrected chi connectivity index (χ2v) is 8.32. The molecular weight excluding hydrogens is 503 g/mol. The highest BCUT2D eigenvalue weighted by Gasteiger charge is 2.32. The minimum atomic E-state index is -4.48. The molecule has 0 spiro atoms. The molecule has 1 aliphatic heterocycles. The lowest BCUT2D eigenvalue weighted by atomic mass is 10.1. The van der Waals surface area contributed by atoms with Crippen molar-refractivity contribution in [1.82, 2.24) is 14.8 Å². The van der Waals surface area contributed by atoms with Crippen molar-refractivity contribution in [1.29, 1.82) is 0 Å². The lowest BCUT2D eigenvalue weighted by Crippen LogP contribution is -2.24. The number of nitrogens with zero attached hydrogens (tertiary/aromatic N) is 4. The fourth-order valence-electron chi connectivity index (χ4n) is 3.31. The lowest BCUT2D eigenvalue weighted by Gasteiger charge is -2.17. The first kappa shape index (κ1) is 24.4. The summed E-state index contributed by atoms with van der Waals surface area (Å²) in [4.78, 5) is 27.7. The topological polar surface area (TPSA) is 94.1 Å². The fraction of sp³-hybridized carbons (Fsp3) is 0.273. The fourth-order valence-corrected chi connectivity index (χ4v) is 3.66. The molecule has 2 aromatic heterocycles. The summed E-state index contributed by atoms with van der Waals surface area (Å²) in [5, 5.41) is 3.68. The molecule has 7 nitrogen and oxygen atoms in total. The van der Waals surface area contributed by atoms with Crippen molar-refractivity contribution >= 4 is 33.6 Å². The van der Waals surface area contributed by atoms with Gasteiger partial charge in [0.1, 0.15) is 5.69 Å². The third-order valence-electron chi connectivity index (χ3n) is 4.96. The molecule has 0 fully saturated rings. The summed E-state index contributed by atoms with van der Waals surface area (Å²) < 4.78 is 39.4. The quantitative estimate of drug-likeness (QED) is 0.532. The molecule has 11 heteroatoms. The average Bonchev–Trinajstić information content (AvgIpc) is 3.18. The SMILES string of the molecule is CN1C(=O)CCCc2ccc(Br)cc21.NC(=O)n1cc(Cc2cccc(C(F)(F)F)n2)cn1. The molecule has 3 aromatic rings. The second-order valence-electron chi connectivity index (χ2n) is 7.40. The molecule has 0 radical (unpaired) electrons. The van der Waals surface area contributed by atoms with Crippen LogP contribution in [0.15, 0.2) is 53.3 Å². The summed E-state index contributed by atoms with van der Waals surface area (Å²) in [7, 11) is 1.85. The number of amides is 2. The van der Waals surface area contributed by atoms with Crippen LogP contribution in [0.25, 0.3) is 0 Å². The first-order valence-electron chi connectivity index (χ1n) is 9.96. The van der Waals surface area contributed by atoms with Gasteiger partial charge in [0.15, 0.2) is 0 Å². The van der Waals surface area contributed by atoms with Gasteiger partial charge in [-0.3, -0.25) is 4.79 Å². The van der Waals surface area contributed by atoms with Crippen LogP contribution in [0.3, 0.4) is 0 Å². The first-order valence-corrected chi connectivity index (χ1v) is 10.8. The molecule has 0 saturated carbocycles. The number of nitrogens with two attached hydrogens (primary N) is 1. The largest absolute Gasteiger partial charge is 0.433 e. The third kappa shape index (κ3) is 6.41. The number of hydrogen-bond acceptors (Lipinski definition) is 4. The van der Waals surface area contributed by atoms with Crippen LogP contribution in [-0.4, -0.2) is 33.8 Å². The Morgan fingerprint density at radius 3 is 2.64 bits per heavy atom. The summed E-state index contributed by atoms with van der Waals surface area (Å²) >= 11 is 3.43. The van der Waals surface area contributed by atoms with Crippen LogP contribution in [0.4, 0.5) is 23.7 Å². The Bertz CT molecular complexity index is 1160. The van der Waals surface area contributed by atoms with Crippen molar-refractivity contribution in [2.45, 2.75) is 31.9 Å². The maximum absolute atomic E-state index is 12.5. The third-order valence-corrected chi connectivity index (χ3v) is 5.46. The van der Waals surface area contributed by atoms with Gasteiger partial charge in [0, 0.05) is 41.9 Å². The van der Waals surface area contributed by atoms with Crippen LogP contribution in [0, 0.1) is 0 Å². The Balaban J connectivity index is 0.000000194. The number of benzene rings is 1. The van der Waals surface area contributed by atoms with E-state index in [1.807, 2.05) is 19.2 Å². The number of aryl methyl sites for hydroxylation is 1. The van der Waals surface area contributed by atoms with Crippen molar-refractivity contribution in [2.75, 3.05) is 11.9 Å². The molecule has 2 amide bonds. The van der Waals surface area contributed by atoms with Gasteiger partial charge < -0.3 is 10.6 Å². The Labute approximate surface area is 196 Å². The van der Waals surface area contributed by atoms with Gasteiger partial charge in [0.25, 0.3) is 0 Å². The molecule has 33 heavy (non-hydrogen) atoms. The molecule has 174 valence electrons. The minimum absolute atomic E-state index is 0.136. The van der Waals surface area contributed by atoms with E-state index in [1.165, 1.54) is 30.1 Å². The Kier molecular flexibility index (Phi) is 7.52. The van der Waals surface area contributed by atoms with E-state index < -0.39 is 17.9 Å². The van der Waals surface area contributed by atoms with E-state index in [1.54, 1.807) is 4.90 Å². The zero-order chi connectivity index (χ0) is 24.2. The van der Waals surface area contributed by atoms with Gasteiger partial charge in [0.2, 0.25) is 5.91 Å². The van der Waals surface area contributed by atoms with Gasteiger partial charge in [0.05, 0.1) is 6.20 Å². The van der Waals surface area contributed by atoms with Crippen molar-refractivity contribution in [2.24, 2.45) is 5.73 Å². The number of carbonyl (C=O) groups is 2. The van der Waals surface area contributed by atoms with Gasteiger partial charge in [-0.15, -0.1) is 0 Å². The summed E-state index contributed by atoms with van der Waals surface area (Å²) in [6.45, 7) is 0. The molecule has 0 aliphatic carbocycles. The van der Waals surface area contributed by atoms with E-state index in [9.17, 15) is 22.8 Å². The summed E-state index contributed by atoms with van der Waals surface area (Å²) in [5.74, 6) is 0.210. The summed E-state index contributed by atoms with van der Waals surface area (Å²) in [6, 6.07) is 9.02. The van der Waals surface area contributed by atoms with Gasteiger partial charge >= 0.3 is 12.2 Å². The van der Waals surface area contributed by atoms with Gasteiger partial charge in [-0.05, 0) is 48.2 Å². The zero-order valence-electron chi connectivity index (χ0n) is 17.6. The standard InChI is InChI=1S/C11H12BrNO.C11H9F3N4O/c1-13-10-7-9(12)6-5-8(10)3-2-4-11(13)14;12-11(13,14)9-3-1-2-8(17-9)4-7-5-16-18(6-7)10(15)19/h5-7H,2-4H2,1H3;1-3,5-6H,4H2,(H2,15,19). The second kappa shape index (κ2) is 10.2. The van der Waals surface area contributed by atoms with Crippen molar-refractivity contribution in [3.05, 3.63) is 75.8 Å². The van der Waals surface area contributed by atoms with Gasteiger partial charge in [-0.1, -0.05) is 28.1 Å². The highest BCUT2D eigenvalue weighted by Crippen LogP contribution is 2.29. The number of aromatic nitrogens is 3. The predicted molar refractivity (Wildman–Crippen MR) is 120 cm³/mol. The maximum Gasteiger partial charge on any atom is 0.433 e. The van der Waals surface area contributed by atoms with Crippen LogP contribution in [0.1, 0.15) is 35.4 Å². The number of fused-ring (bicyclic) bond motifs is 1. The van der Waals surface area contributed by atoms with Crippen molar-refractivity contribution in [3.8, 4) is 0 Å². The smallest absolute Gasteiger partial charge is 0.350 e. The van der Waals surface area contributed by atoms with Crippen LogP contribution < -0.4 is 10.6 Å². The van der Waals surface area contributed by atoms with E-state index in [0.717, 1.165) is 33.7 Å². The van der Waals surface area contributed by atoms with Crippen LogP contribution in [0.2, 0.25) is 0 Å². The average molecular weight is 524 g/mol. The highest BCUT2D eigenvalue weighted by molar-refractivity contribution is 9.10. The van der Waals surface area contributed by atoms with Gasteiger partial charge in [-0.2, -0.15) is 23.0 Å². The van der Waals surface area contributed by atoms with Gasteiger partial charge in [-0.25, -0.2) is 9.78 Å². The van der Waals surface area contributed by atoms with Crippen molar-refractivity contribution < 1.29 is 22.8 Å². The van der Waals surface area contributed by atoms with Crippen LogP contribution in [0.5, 0.6) is 0 Å². The monoisotopic (exact) mass is 523 g/mol. The summed E-state index contributed by atoms with van der Waals surface area (Å²) in [6.07, 6.45) is 0.973. The Hall–Kier alpha value is -3.21. The number of halogens is 4. The number of primary amides is 1. The van der Waals surface area contributed by atoms with Crippen LogP contribution >= 0.6 is 15.9 Å². The van der Waals surface area contributed by atoms with E-state index in [0.29, 0.717) is 12.0 Å². The van der Waals surface area contributed by atoms with Crippen molar-refractivity contribution in [3.63, 3.8) is 0 Å². The Morgan fingerprint density at radius 2 is 1.97 bits per heavy atom. The van der Waals surface area contributed by atoms with E-state index in [2.05, 4.69) is 32.1 Å². The number of pyridine rings is 1. The first-order chi connectivity index (χ1) is 15.5. The van der Waals surface area contributed by atoms with Crippen LogP contribution in [-0.2, 0) is 23.8 Å². The molecular formula is C22H21BrF3N5O2. The number of carbonyl (C=O) groups excluding carboxylic acids is 2. The zero-order valence-corrected chi connectivity index (χ0v) is 19.2. The molecule has 4 rings (SSSR count). The normalized spacial score (nSPS) is 13.6. The molecule has 0 atom stereocenters.